The molecule has 0 radical (unpaired) electrons. The summed E-state index contributed by atoms with van der Waals surface area (Å²) in [7, 11) is -4.79. The van der Waals surface area contributed by atoms with Gasteiger partial charge < -0.3 is 24.8 Å². The van der Waals surface area contributed by atoms with Crippen LogP contribution in [0.2, 0.25) is 0 Å². The minimum absolute atomic E-state index is 0.127. The third-order valence-electron chi connectivity index (χ3n) is 8.70. The first-order chi connectivity index (χ1) is 19.9. The molecular formula is C27H32N4O8S3. The molecule has 226 valence electrons. The fourth-order valence-corrected chi connectivity index (χ4v) is 9.88. The number of nitrogens with zero attached hydrogens (tertiary/aromatic N) is 2. The molecule has 12 nitrogen and oxygen atoms in total. The predicted molar refractivity (Wildman–Crippen MR) is 157 cm³/mol. The number of rotatable bonds is 8. The van der Waals surface area contributed by atoms with E-state index in [2.05, 4.69) is 14.4 Å². The van der Waals surface area contributed by atoms with Crippen molar-refractivity contribution in [3.8, 4) is 11.5 Å². The summed E-state index contributed by atoms with van der Waals surface area (Å²) in [6.45, 7) is -0.0354. The number of amides is 1. The molecule has 5 aliphatic rings. The molecule has 1 aromatic heterocycles. The Hall–Kier alpha value is -3.14. The van der Waals surface area contributed by atoms with Gasteiger partial charge in [0, 0.05) is 42.2 Å². The monoisotopic (exact) mass is 636 g/mol. The molecule has 0 saturated heterocycles. The van der Waals surface area contributed by atoms with Crippen LogP contribution in [0.15, 0.2) is 44.2 Å². The molecule has 3 heterocycles. The van der Waals surface area contributed by atoms with E-state index in [4.69, 9.17) is 9.47 Å². The van der Waals surface area contributed by atoms with Crippen molar-refractivity contribution in [2.75, 3.05) is 25.8 Å². The number of methoxy groups -OCH3 is 2. The Bertz CT molecular complexity index is 1720. The highest BCUT2D eigenvalue weighted by molar-refractivity contribution is 7.91. The first-order valence-corrected chi connectivity index (χ1v) is 17.7. The fourth-order valence-electron chi connectivity index (χ4n) is 6.86. The van der Waals surface area contributed by atoms with Crippen LogP contribution in [0, 0.1) is 17.8 Å². The summed E-state index contributed by atoms with van der Waals surface area (Å²) in [6.07, 6.45) is 4.72. The Balaban J connectivity index is 1.41. The Morgan fingerprint density at radius 3 is 2.52 bits per heavy atom. The van der Waals surface area contributed by atoms with E-state index < -0.39 is 26.0 Å². The Morgan fingerprint density at radius 2 is 1.86 bits per heavy atom. The largest absolute Gasteiger partial charge is 0.511 e. The van der Waals surface area contributed by atoms with Gasteiger partial charge in [-0.2, -0.15) is 8.42 Å². The van der Waals surface area contributed by atoms with E-state index in [0.29, 0.717) is 11.5 Å². The topological polar surface area (TPSA) is 164 Å². The van der Waals surface area contributed by atoms with Crippen LogP contribution in [0.25, 0.3) is 0 Å². The second-order valence-electron chi connectivity index (χ2n) is 11.1. The number of hydrogen-bond acceptors (Lipinski definition) is 10. The number of aliphatic hydroxyl groups is 1. The summed E-state index contributed by atoms with van der Waals surface area (Å²) < 4.78 is 67.2. The van der Waals surface area contributed by atoms with Gasteiger partial charge >= 0.3 is 0 Å². The number of amidine groups is 1. The molecule has 1 amide bonds. The van der Waals surface area contributed by atoms with E-state index in [-0.39, 0.29) is 69.5 Å². The van der Waals surface area contributed by atoms with Gasteiger partial charge in [-0.25, -0.2) is 13.1 Å². The van der Waals surface area contributed by atoms with Gasteiger partial charge in [0.2, 0.25) is 10.0 Å². The number of fused-ring (bicyclic) bond motifs is 3. The van der Waals surface area contributed by atoms with Crippen molar-refractivity contribution in [2.24, 2.45) is 22.2 Å². The number of ether oxygens (including phenoxy) is 2. The van der Waals surface area contributed by atoms with E-state index >= 15 is 0 Å². The van der Waals surface area contributed by atoms with E-state index in [9.17, 15) is 26.7 Å². The fraction of sp³-hybridized carbons (Fsp3) is 0.481. The molecule has 2 aliphatic heterocycles. The molecule has 3 fully saturated rings. The molecule has 3 aliphatic carbocycles. The average molecular weight is 637 g/mol. The van der Waals surface area contributed by atoms with Gasteiger partial charge in [0.15, 0.2) is 5.84 Å². The van der Waals surface area contributed by atoms with Gasteiger partial charge in [-0.15, -0.1) is 15.7 Å². The number of carbonyl (C=O) groups excluding carboxylic acids is 1. The van der Waals surface area contributed by atoms with Crippen molar-refractivity contribution >= 4 is 48.1 Å². The number of aliphatic hydroxyl groups excluding tert-OH is 1. The molecular weight excluding hydrogens is 605 g/mol. The maximum Gasteiger partial charge on any atom is 0.287 e. The van der Waals surface area contributed by atoms with E-state index in [1.807, 2.05) is 6.07 Å². The first kappa shape index (κ1) is 29.0. The summed E-state index contributed by atoms with van der Waals surface area (Å²) in [6, 6.07) is 5.13. The lowest BCUT2D eigenvalue weighted by atomic mass is 9.59. The van der Waals surface area contributed by atoms with E-state index in [0.717, 1.165) is 48.8 Å². The highest BCUT2D eigenvalue weighted by Gasteiger charge is 2.54. The van der Waals surface area contributed by atoms with Crippen molar-refractivity contribution in [2.45, 2.75) is 49.7 Å². The number of carbonyl (C=O) groups is 1. The molecule has 2 bridgehead atoms. The lowest BCUT2D eigenvalue weighted by Crippen LogP contribution is -2.60. The van der Waals surface area contributed by atoms with Crippen LogP contribution in [0.1, 0.15) is 36.8 Å². The molecule has 7 rings (SSSR count). The zero-order chi connectivity index (χ0) is 30.0. The SMILES string of the molecule is COc1ccc(CN2C(=O)C(C3=NS(=O)(=O)c4c(CNS(C)(=O)=O)csc4N3)=C(O)C3C4CCC(CC4)C32)c(OC)c1. The number of benzene rings is 1. The first-order valence-electron chi connectivity index (χ1n) is 13.5. The second-order valence-corrected chi connectivity index (χ2v) is 15.4. The molecule has 2 unspecified atom stereocenters. The molecule has 3 N–H and O–H groups in total. The van der Waals surface area contributed by atoms with Gasteiger partial charge in [0.25, 0.3) is 15.9 Å². The molecule has 3 saturated carbocycles. The lowest BCUT2D eigenvalue weighted by Gasteiger charge is -2.54. The minimum Gasteiger partial charge on any atom is -0.511 e. The van der Waals surface area contributed by atoms with Gasteiger partial charge in [-0.1, -0.05) is 0 Å². The molecule has 2 aromatic rings. The summed E-state index contributed by atoms with van der Waals surface area (Å²) in [5.41, 5.74) is 0.832. The van der Waals surface area contributed by atoms with Crippen LogP contribution >= 0.6 is 11.3 Å². The summed E-state index contributed by atoms with van der Waals surface area (Å²) in [5, 5.41) is 16.4. The number of hydrogen-bond donors (Lipinski definition) is 3. The van der Waals surface area contributed by atoms with Crippen LogP contribution in [-0.4, -0.2) is 65.1 Å². The smallest absolute Gasteiger partial charge is 0.287 e. The van der Waals surface area contributed by atoms with Gasteiger partial charge in [0.05, 0.1) is 20.5 Å². The average Bonchev–Trinajstić information content (AvgIpc) is 3.38. The third kappa shape index (κ3) is 4.95. The van der Waals surface area contributed by atoms with Crippen molar-refractivity contribution in [1.29, 1.82) is 0 Å². The molecule has 15 heteroatoms. The molecule has 1 aromatic carbocycles. The van der Waals surface area contributed by atoms with Crippen molar-refractivity contribution in [3.05, 3.63) is 46.0 Å². The van der Waals surface area contributed by atoms with Crippen LogP contribution in [0.4, 0.5) is 5.00 Å². The molecule has 42 heavy (non-hydrogen) atoms. The standard InChI is InChI=1S/C27H32N4O8S3/c1-38-18-9-8-16(19(10-18)39-2)12-31-22-15-6-4-14(5-7-15)20(22)23(32)21(27(31)33)25-29-26-24(42(36,37)30-25)17(13-40-26)11-28-41(3,34)35/h8-10,13-15,20,22,28,32H,4-7,11-12H2,1-3H3,(H,29,30). The van der Waals surface area contributed by atoms with Crippen molar-refractivity contribution in [1.82, 2.24) is 9.62 Å². The Kier molecular flexibility index (Phi) is 7.27. The lowest BCUT2D eigenvalue weighted by molar-refractivity contribution is -0.140. The summed E-state index contributed by atoms with van der Waals surface area (Å²) in [4.78, 5) is 15.9. The quantitative estimate of drug-likeness (QED) is 0.395. The van der Waals surface area contributed by atoms with E-state index in [1.54, 1.807) is 31.3 Å². The van der Waals surface area contributed by atoms with Crippen LogP contribution < -0.4 is 19.5 Å². The minimum atomic E-state index is -4.33. The maximum atomic E-state index is 14.3. The summed E-state index contributed by atoms with van der Waals surface area (Å²) >= 11 is 1.06. The summed E-state index contributed by atoms with van der Waals surface area (Å²) in [5.74, 6) is 0.288. The normalized spacial score (nSPS) is 26.3. The third-order valence-corrected chi connectivity index (χ3v) is 11.8. The van der Waals surface area contributed by atoms with Crippen LogP contribution in [0.3, 0.4) is 0 Å². The molecule has 2 atom stereocenters. The van der Waals surface area contributed by atoms with Crippen LogP contribution in [-0.2, 0) is 37.9 Å². The highest BCUT2D eigenvalue weighted by Crippen LogP contribution is 2.53. The van der Waals surface area contributed by atoms with Gasteiger partial charge in [0.1, 0.15) is 32.7 Å². The van der Waals surface area contributed by atoms with Gasteiger partial charge in [-0.05, 0) is 55.0 Å². The van der Waals surface area contributed by atoms with Crippen molar-refractivity contribution < 1.29 is 36.2 Å². The van der Waals surface area contributed by atoms with E-state index in [1.165, 1.54) is 5.38 Å². The second kappa shape index (κ2) is 10.5. The number of thiophene rings is 1. The zero-order valence-corrected chi connectivity index (χ0v) is 25.7. The van der Waals surface area contributed by atoms with Gasteiger partial charge in [-0.3, -0.25) is 4.79 Å². The van der Waals surface area contributed by atoms with Crippen LogP contribution in [0.5, 0.6) is 11.5 Å². The Labute approximate surface area is 248 Å². The Morgan fingerprint density at radius 1 is 1.14 bits per heavy atom. The number of anilines is 1. The zero-order valence-electron chi connectivity index (χ0n) is 23.3. The van der Waals surface area contributed by atoms with Crippen molar-refractivity contribution in [3.63, 3.8) is 0 Å². The predicted octanol–water partition coefficient (Wildman–Crippen LogP) is 2.99. The number of nitrogens with one attached hydrogen (secondary N) is 2. The molecule has 0 spiro atoms. The highest BCUT2D eigenvalue weighted by atomic mass is 32.2. The number of sulfonamides is 2. The maximum absolute atomic E-state index is 14.3.